The molecule has 1 heterocycles. The zero-order valence-corrected chi connectivity index (χ0v) is 10.5. The van der Waals surface area contributed by atoms with Crippen molar-refractivity contribution in [3.05, 3.63) is 64.7 Å². The molecule has 2 atom stereocenters. The van der Waals surface area contributed by atoms with Gasteiger partial charge in [0.05, 0.1) is 6.10 Å². The number of fused-ring (bicyclic) bond motifs is 1. The third-order valence-corrected chi connectivity index (χ3v) is 3.48. The lowest BCUT2D eigenvalue weighted by Crippen LogP contribution is -2.18. The Balaban J connectivity index is 1.92. The zero-order valence-electron chi connectivity index (χ0n) is 9.71. The highest BCUT2D eigenvalue weighted by molar-refractivity contribution is 6.30. The van der Waals surface area contributed by atoms with E-state index in [0.29, 0.717) is 11.4 Å². The molecule has 0 saturated heterocycles. The van der Waals surface area contributed by atoms with Gasteiger partial charge in [0.2, 0.25) is 0 Å². The Morgan fingerprint density at radius 1 is 1.06 bits per heavy atom. The number of para-hydroxylation sites is 1. The molecule has 1 aliphatic heterocycles. The Morgan fingerprint density at radius 2 is 1.78 bits per heavy atom. The summed E-state index contributed by atoms with van der Waals surface area (Å²) in [6.07, 6.45) is -0.0265. The molecule has 18 heavy (non-hydrogen) atoms. The highest BCUT2D eigenvalue weighted by Gasteiger charge is 2.27. The van der Waals surface area contributed by atoms with Crippen LogP contribution in [0.2, 0.25) is 5.02 Å². The number of aliphatic hydroxyl groups excluding tert-OH is 1. The predicted octanol–water partition coefficient (Wildman–Crippen LogP) is 3.90. The lowest BCUT2D eigenvalue weighted by atomic mass is 9.95. The van der Waals surface area contributed by atoms with Crippen molar-refractivity contribution in [2.24, 2.45) is 0 Å². The minimum Gasteiger partial charge on any atom is -0.485 e. The minimum absolute atomic E-state index is 0.118. The average molecular weight is 261 g/mol. The van der Waals surface area contributed by atoms with Gasteiger partial charge in [0.15, 0.2) is 0 Å². The van der Waals surface area contributed by atoms with Crippen molar-refractivity contribution in [1.29, 1.82) is 0 Å². The SMILES string of the molecule is O[C@H]1C[C@@H](c2ccc(Cl)cc2)Oc2ccccc21. The van der Waals surface area contributed by atoms with Crippen LogP contribution in [0.25, 0.3) is 0 Å². The molecule has 2 nitrogen and oxygen atoms in total. The topological polar surface area (TPSA) is 29.5 Å². The molecule has 2 aromatic rings. The van der Waals surface area contributed by atoms with Gasteiger partial charge in [0.1, 0.15) is 11.9 Å². The molecule has 3 rings (SSSR count). The van der Waals surface area contributed by atoms with Crippen molar-refractivity contribution in [2.75, 3.05) is 0 Å². The quantitative estimate of drug-likeness (QED) is 0.843. The summed E-state index contributed by atoms with van der Waals surface area (Å²) in [5.41, 5.74) is 1.90. The third-order valence-electron chi connectivity index (χ3n) is 3.23. The second-order valence-electron chi connectivity index (χ2n) is 4.45. The van der Waals surface area contributed by atoms with E-state index in [4.69, 9.17) is 16.3 Å². The van der Waals surface area contributed by atoms with Gasteiger partial charge in [-0.2, -0.15) is 0 Å². The van der Waals surface area contributed by atoms with Crippen LogP contribution in [0.1, 0.15) is 29.8 Å². The lowest BCUT2D eigenvalue weighted by Gasteiger charge is -2.29. The summed E-state index contributed by atoms with van der Waals surface area (Å²) in [4.78, 5) is 0. The average Bonchev–Trinajstić information content (AvgIpc) is 2.39. The highest BCUT2D eigenvalue weighted by Crippen LogP contribution is 2.40. The maximum absolute atomic E-state index is 10.1. The fourth-order valence-corrected chi connectivity index (χ4v) is 2.40. The molecular weight excluding hydrogens is 248 g/mol. The van der Waals surface area contributed by atoms with Crippen molar-refractivity contribution in [3.8, 4) is 5.75 Å². The van der Waals surface area contributed by atoms with Crippen LogP contribution in [0.4, 0.5) is 0 Å². The van der Waals surface area contributed by atoms with E-state index < -0.39 is 6.10 Å². The van der Waals surface area contributed by atoms with Crippen LogP contribution in [-0.4, -0.2) is 5.11 Å². The van der Waals surface area contributed by atoms with Crippen LogP contribution in [0, 0.1) is 0 Å². The maximum Gasteiger partial charge on any atom is 0.127 e. The normalized spacial score (nSPS) is 22.1. The third kappa shape index (κ3) is 2.09. The summed E-state index contributed by atoms with van der Waals surface area (Å²) in [6, 6.07) is 15.2. The first-order valence-electron chi connectivity index (χ1n) is 5.93. The van der Waals surface area contributed by atoms with E-state index in [0.717, 1.165) is 16.9 Å². The van der Waals surface area contributed by atoms with Crippen LogP contribution in [0.15, 0.2) is 48.5 Å². The van der Waals surface area contributed by atoms with Crippen molar-refractivity contribution in [2.45, 2.75) is 18.6 Å². The van der Waals surface area contributed by atoms with E-state index in [1.54, 1.807) is 0 Å². The first-order valence-corrected chi connectivity index (χ1v) is 6.31. The molecule has 0 unspecified atom stereocenters. The molecule has 0 spiro atoms. The number of halogens is 1. The Bertz CT molecular complexity index is 551. The van der Waals surface area contributed by atoms with Gasteiger partial charge in [-0.05, 0) is 23.8 Å². The van der Waals surface area contributed by atoms with E-state index in [-0.39, 0.29) is 6.10 Å². The number of rotatable bonds is 1. The lowest BCUT2D eigenvalue weighted by molar-refractivity contribution is 0.0657. The molecule has 0 saturated carbocycles. The molecule has 0 fully saturated rings. The Morgan fingerprint density at radius 3 is 2.56 bits per heavy atom. The number of hydrogen-bond donors (Lipinski definition) is 1. The Hall–Kier alpha value is -1.51. The van der Waals surface area contributed by atoms with Gasteiger partial charge in [0.25, 0.3) is 0 Å². The molecule has 3 heteroatoms. The smallest absolute Gasteiger partial charge is 0.127 e. The van der Waals surface area contributed by atoms with Crippen LogP contribution in [0.3, 0.4) is 0 Å². The summed E-state index contributed by atoms with van der Waals surface area (Å²) >= 11 is 5.87. The van der Waals surface area contributed by atoms with Crippen molar-refractivity contribution < 1.29 is 9.84 Å². The molecule has 1 aliphatic rings. The zero-order chi connectivity index (χ0) is 12.5. The molecule has 0 aliphatic carbocycles. The van der Waals surface area contributed by atoms with Crippen molar-refractivity contribution in [1.82, 2.24) is 0 Å². The number of aliphatic hydroxyl groups is 1. The van der Waals surface area contributed by atoms with E-state index in [9.17, 15) is 5.11 Å². The molecule has 0 amide bonds. The molecule has 0 radical (unpaired) electrons. The Kier molecular flexibility index (Phi) is 2.98. The van der Waals surface area contributed by atoms with Gasteiger partial charge in [0, 0.05) is 17.0 Å². The summed E-state index contributed by atoms with van der Waals surface area (Å²) in [7, 11) is 0. The largest absolute Gasteiger partial charge is 0.485 e. The van der Waals surface area contributed by atoms with E-state index >= 15 is 0 Å². The molecule has 0 bridgehead atoms. The Labute approximate surface area is 111 Å². The summed E-state index contributed by atoms with van der Waals surface area (Å²) in [6.45, 7) is 0. The van der Waals surface area contributed by atoms with Crippen LogP contribution < -0.4 is 4.74 Å². The molecule has 1 N–H and O–H groups in total. The number of benzene rings is 2. The standard InChI is InChI=1S/C15H13ClO2/c16-11-7-5-10(6-8-11)15-9-13(17)12-3-1-2-4-14(12)18-15/h1-8,13,15,17H,9H2/t13-,15-/m0/s1. The first-order chi connectivity index (χ1) is 8.74. The molecule has 92 valence electrons. The van der Waals surface area contributed by atoms with Crippen LogP contribution >= 0.6 is 11.6 Å². The monoisotopic (exact) mass is 260 g/mol. The maximum atomic E-state index is 10.1. The predicted molar refractivity (Wildman–Crippen MR) is 70.8 cm³/mol. The fourth-order valence-electron chi connectivity index (χ4n) is 2.28. The van der Waals surface area contributed by atoms with Crippen molar-refractivity contribution >= 4 is 11.6 Å². The summed E-state index contributed by atoms with van der Waals surface area (Å²) < 4.78 is 5.93. The summed E-state index contributed by atoms with van der Waals surface area (Å²) in [5, 5.41) is 10.8. The van der Waals surface area contributed by atoms with Gasteiger partial charge >= 0.3 is 0 Å². The second kappa shape index (κ2) is 4.63. The fraction of sp³-hybridized carbons (Fsp3) is 0.200. The molecule has 0 aromatic heterocycles. The number of hydrogen-bond acceptors (Lipinski definition) is 2. The van der Waals surface area contributed by atoms with E-state index in [1.165, 1.54) is 0 Å². The molecule has 2 aromatic carbocycles. The summed E-state index contributed by atoms with van der Waals surface area (Å²) in [5.74, 6) is 0.760. The van der Waals surface area contributed by atoms with E-state index in [1.807, 2.05) is 48.5 Å². The van der Waals surface area contributed by atoms with Gasteiger partial charge < -0.3 is 9.84 Å². The molecular formula is C15H13ClO2. The van der Waals surface area contributed by atoms with Gasteiger partial charge in [-0.15, -0.1) is 0 Å². The van der Waals surface area contributed by atoms with Gasteiger partial charge in [-0.25, -0.2) is 0 Å². The second-order valence-corrected chi connectivity index (χ2v) is 4.88. The number of ether oxygens (including phenoxy) is 1. The first kappa shape index (κ1) is 11.6. The van der Waals surface area contributed by atoms with Crippen molar-refractivity contribution in [3.63, 3.8) is 0 Å². The minimum atomic E-state index is -0.476. The van der Waals surface area contributed by atoms with Crippen LogP contribution in [0.5, 0.6) is 5.75 Å². The van der Waals surface area contributed by atoms with Crippen LogP contribution in [-0.2, 0) is 0 Å². The van der Waals surface area contributed by atoms with E-state index in [2.05, 4.69) is 0 Å². The highest BCUT2D eigenvalue weighted by atomic mass is 35.5. The van der Waals surface area contributed by atoms with Gasteiger partial charge in [-0.3, -0.25) is 0 Å². The van der Waals surface area contributed by atoms with Gasteiger partial charge in [-0.1, -0.05) is 41.9 Å².